The smallest absolute Gasteiger partial charge is 0.330 e. The second kappa shape index (κ2) is 6.61. The number of hydrogen-bond acceptors (Lipinski definition) is 2. The summed E-state index contributed by atoms with van der Waals surface area (Å²) in [7, 11) is 0. The van der Waals surface area contributed by atoms with Gasteiger partial charge in [0.2, 0.25) is 0 Å². The number of amides is 1. The van der Waals surface area contributed by atoms with Crippen LogP contribution in [-0.2, 0) is 4.79 Å². The first kappa shape index (κ1) is 15.4. The summed E-state index contributed by atoms with van der Waals surface area (Å²) in [5.41, 5.74) is 0.518. The van der Waals surface area contributed by atoms with Crippen LogP contribution in [0.3, 0.4) is 0 Å². The van der Waals surface area contributed by atoms with Crippen LogP contribution < -0.4 is 5.32 Å². The predicted octanol–water partition coefficient (Wildman–Crippen LogP) is 3.55. The van der Waals surface area contributed by atoms with Gasteiger partial charge in [-0.3, -0.25) is 4.79 Å². The first-order valence-corrected chi connectivity index (χ1v) is 6.79. The monoisotopic (exact) mass is 323 g/mol. The van der Waals surface area contributed by atoms with Crippen LogP contribution in [-0.4, -0.2) is 17.0 Å². The van der Waals surface area contributed by atoms with Crippen LogP contribution in [0, 0.1) is 0 Å². The van der Waals surface area contributed by atoms with Gasteiger partial charge >= 0.3 is 5.97 Å². The molecule has 1 atom stereocenters. The summed E-state index contributed by atoms with van der Waals surface area (Å²) in [4.78, 5) is 23.6. The van der Waals surface area contributed by atoms with E-state index in [2.05, 4.69) is 5.32 Å². The van der Waals surface area contributed by atoms with Crippen molar-refractivity contribution in [3.05, 3.63) is 69.7 Å². The number of carbonyl (C=O) groups excluding carboxylic acids is 1. The summed E-state index contributed by atoms with van der Waals surface area (Å²) >= 11 is 11.9. The molecule has 0 aliphatic rings. The first-order valence-electron chi connectivity index (χ1n) is 6.03. The Morgan fingerprint density at radius 1 is 0.952 bits per heavy atom. The van der Waals surface area contributed by atoms with E-state index >= 15 is 0 Å². The Kier molecular flexibility index (Phi) is 4.83. The molecule has 0 saturated heterocycles. The van der Waals surface area contributed by atoms with E-state index < -0.39 is 17.9 Å². The van der Waals surface area contributed by atoms with E-state index in [-0.39, 0.29) is 15.6 Å². The SMILES string of the molecule is O=C(N[C@H](C(=O)O)c1ccccc1)c1c(Cl)cccc1Cl. The lowest BCUT2D eigenvalue weighted by Crippen LogP contribution is -2.34. The zero-order valence-electron chi connectivity index (χ0n) is 10.7. The summed E-state index contributed by atoms with van der Waals surface area (Å²) in [5, 5.41) is 12.0. The number of rotatable bonds is 4. The minimum atomic E-state index is -1.17. The van der Waals surface area contributed by atoms with Crippen molar-refractivity contribution in [2.75, 3.05) is 0 Å². The van der Waals surface area contributed by atoms with Crippen molar-refractivity contribution in [3.8, 4) is 0 Å². The number of carboxylic acids is 1. The molecule has 0 saturated carbocycles. The molecule has 0 aliphatic carbocycles. The van der Waals surface area contributed by atoms with E-state index in [1.807, 2.05) is 0 Å². The lowest BCUT2D eigenvalue weighted by molar-refractivity contribution is -0.139. The minimum absolute atomic E-state index is 0.0583. The zero-order valence-corrected chi connectivity index (χ0v) is 12.2. The maximum atomic E-state index is 12.2. The molecular weight excluding hydrogens is 313 g/mol. The highest BCUT2D eigenvalue weighted by Gasteiger charge is 2.24. The van der Waals surface area contributed by atoms with Crippen LogP contribution in [0.4, 0.5) is 0 Å². The number of aliphatic carboxylic acids is 1. The van der Waals surface area contributed by atoms with Gasteiger partial charge in [-0.1, -0.05) is 59.6 Å². The molecule has 0 spiro atoms. The number of benzene rings is 2. The van der Waals surface area contributed by atoms with E-state index in [1.54, 1.807) is 36.4 Å². The number of carbonyl (C=O) groups is 2. The van der Waals surface area contributed by atoms with Gasteiger partial charge in [0.15, 0.2) is 6.04 Å². The first-order chi connectivity index (χ1) is 10.0. The van der Waals surface area contributed by atoms with Gasteiger partial charge in [0.05, 0.1) is 15.6 Å². The Balaban J connectivity index is 2.30. The third-order valence-corrected chi connectivity index (χ3v) is 3.48. The van der Waals surface area contributed by atoms with Crippen LogP contribution in [0.15, 0.2) is 48.5 Å². The van der Waals surface area contributed by atoms with Crippen LogP contribution in [0.25, 0.3) is 0 Å². The number of carboxylic acid groups (broad SMARTS) is 1. The van der Waals surface area contributed by atoms with Crippen molar-refractivity contribution < 1.29 is 14.7 Å². The molecule has 0 unspecified atom stereocenters. The van der Waals surface area contributed by atoms with Gasteiger partial charge in [-0.25, -0.2) is 4.79 Å². The second-order valence-corrected chi connectivity index (χ2v) is 5.07. The molecule has 21 heavy (non-hydrogen) atoms. The normalized spacial score (nSPS) is 11.7. The summed E-state index contributed by atoms with van der Waals surface area (Å²) in [6.07, 6.45) is 0. The molecule has 1 amide bonds. The summed E-state index contributed by atoms with van der Waals surface area (Å²) in [6.45, 7) is 0. The van der Waals surface area contributed by atoms with Crippen molar-refractivity contribution in [1.29, 1.82) is 0 Å². The van der Waals surface area contributed by atoms with Crippen LogP contribution in [0.5, 0.6) is 0 Å². The third kappa shape index (κ3) is 3.54. The molecular formula is C15H11Cl2NO3. The van der Waals surface area contributed by atoms with Crippen LogP contribution in [0.2, 0.25) is 10.0 Å². The Morgan fingerprint density at radius 2 is 1.52 bits per heavy atom. The van der Waals surface area contributed by atoms with Gasteiger partial charge in [0, 0.05) is 0 Å². The number of nitrogens with one attached hydrogen (secondary N) is 1. The highest BCUT2D eigenvalue weighted by Crippen LogP contribution is 2.25. The highest BCUT2D eigenvalue weighted by atomic mass is 35.5. The van der Waals surface area contributed by atoms with Crippen LogP contribution >= 0.6 is 23.2 Å². The molecule has 0 aromatic heterocycles. The van der Waals surface area contributed by atoms with Gasteiger partial charge in [-0.2, -0.15) is 0 Å². The number of halogens is 2. The maximum Gasteiger partial charge on any atom is 0.330 e. The lowest BCUT2D eigenvalue weighted by atomic mass is 10.1. The Bertz CT molecular complexity index is 654. The molecule has 6 heteroatoms. The van der Waals surface area contributed by atoms with Gasteiger partial charge in [-0.05, 0) is 17.7 Å². The fraction of sp³-hybridized carbons (Fsp3) is 0.0667. The topological polar surface area (TPSA) is 66.4 Å². The fourth-order valence-electron chi connectivity index (χ4n) is 1.85. The zero-order chi connectivity index (χ0) is 15.4. The fourth-order valence-corrected chi connectivity index (χ4v) is 2.42. The van der Waals surface area contributed by atoms with Crippen LogP contribution in [0.1, 0.15) is 22.0 Å². The van der Waals surface area contributed by atoms with Crippen molar-refractivity contribution in [1.82, 2.24) is 5.32 Å². The second-order valence-electron chi connectivity index (χ2n) is 4.25. The number of hydrogen-bond donors (Lipinski definition) is 2. The lowest BCUT2D eigenvalue weighted by Gasteiger charge is -2.16. The third-order valence-electron chi connectivity index (χ3n) is 2.85. The predicted molar refractivity (Wildman–Crippen MR) is 80.7 cm³/mol. The molecule has 4 nitrogen and oxygen atoms in total. The highest BCUT2D eigenvalue weighted by molar-refractivity contribution is 6.39. The molecule has 0 fully saturated rings. The van der Waals surface area contributed by atoms with Crippen molar-refractivity contribution in [2.45, 2.75) is 6.04 Å². The average Bonchev–Trinajstić information content (AvgIpc) is 2.45. The Morgan fingerprint density at radius 3 is 2.05 bits per heavy atom. The average molecular weight is 324 g/mol. The van der Waals surface area contributed by atoms with E-state index in [0.29, 0.717) is 5.56 Å². The summed E-state index contributed by atoms with van der Waals surface area (Å²) < 4.78 is 0. The Labute approximate surface area is 131 Å². The van der Waals surface area contributed by atoms with Gasteiger partial charge in [-0.15, -0.1) is 0 Å². The van der Waals surface area contributed by atoms with Crippen molar-refractivity contribution >= 4 is 35.1 Å². The minimum Gasteiger partial charge on any atom is -0.479 e. The standard InChI is InChI=1S/C15H11Cl2NO3/c16-10-7-4-8-11(17)12(10)14(19)18-13(15(20)21)9-5-2-1-3-6-9/h1-8,13H,(H,18,19)(H,20,21)/t13-/m0/s1. The van der Waals surface area contributed by atoms with E-state index in [1.165, 1.54) is 12.1 Å². The molecule has 2 rings (SSSR count). The quantitative estimate of drug-likeness (QED) is 0.904. The van der Waals surface area contributed by atoms with Gasteiger partial charge < -0.3 is 10.4 Å². The molecule has 0 bridgehead atoms. The maximum absolute atomic E-state index is 12.2. The largest absolute Gasteiger partial charge is 0.479 e. The molecule has 108 valence electrons. The van der Waals surface area contributed by atoms with E-state index in [4.69, 9.17) is 23.2 Å². The van der Waals surface area contributed by atoms with Crippen molar-refractivity contribution in [2.24, 2.45) is 0 Å². The molecule has 0 radical (unpaired) electrons. The molecule has 2 aromatic carbocycles. The molecule has 0 aliphatic heterocycles. The van der Waals surface area contributed by atoms with Gasteiger partial charge in [0.1, 0.15) is 0 Å². The summed E-state index contributed by atoms with van der Waals surface area (Å²) in [6, 6.07) is 11.8. The molecule has 2 aromatic rings. The molecule has 0 heterocycles. The van der Waals surface area contributed by atoms with E-state index in [9.17, 15) is 14.7 Å². The van der Waals surface area contributed by atoms with E-state index in [0.717, 1.165) is 0 Å². The molecule has 2 N–H and O–H groups in total. The summed E-state index contributed by atoms with van der Waals surface area (Å²) in [5.74, 6) is -1.81. The van der Waals surface area contributed by atoms with Gasteiger partial charge in [0.25, 0.3) is 5.91 Å². The Hall–Kier alpha value is -2.04. The van der Waals surface area contributed by atoms with Crippen molar-refractivity contribution in [3.63, 3.8) is 0 Å².